The van der Waals surface area contributed by atoms with Gasteiger partial charge in [-0.2, -0.15) is 5.10 Å². The molecule has 0 saturated carbocycles. The second kappa shape index (κ2) is 8.49. The number of likely N-dealkylation sites (tertiary alicyclic amines) is 1. The average Bonchev–Trinajstić information content (AvgIpc) is 2.89. The second-order valence-corrected chi connectivity index (χ2v) is 7.35. The number of rotatable bonds is 6. The largest absolute Gasteiger partial charge is 0.353 e. The number of hydrogen-bond donors (Lipinski definition) is 1. The third-order valence-corrected chi connectivity index (χ3v) is 5.56. The highest BCUT2D eigenvalue weighted by molar-refractivity contribution is 5.75. The van der Waals surface area contributed by atoms with Crippen molar-refractivity contribution < 1.29 is 4.79 Å². The Morgan fingerprint density at radius 1 is 1.23 bits per heavy atom. The van der Waals surface area contributed by atoms with Crippen LogP contribution in [0.2, 0.25) is 0 Å². The lowest BCUT2D eigenvalue weighted by Gasteiger charge is -2.33. The SMILES string of the molecule is Cc1nn(CC(=O)NCCN2CCC[C@H](c3ccccc3)C2)c(C)c1C. The maximum absolute atomic E-state index is 12.2. The van der Waals surface area contributed by atoms with Crippen molar-refractivity contribution in [2.75, 3.05) is 26.2 Å². The van der Waals surface area contributed by atoms with Gasteiger partial charge in [0.25, 0.3) is 0 Å². The Hall–Kier alpha value is -2.14. The van der Waals surface area contributed by atoms with Crippen molar-refractivity contribution >= 4 is 5.91 Å². The monoisotopic (exact) mass is 354 g/mol. The van der Waals surface area contributed by atoms with Crippen LogP contribution >= 0.6 is 0 Å². The number of amides is 1. The van der Waals surface area contributed by atoms with Gasteiger partial charge in [-0.1, -0.05) is 30.3 Å². The van der Waals surface area contributed by atoms with Gasteiger partial charge in [-0.15, -0.1) is 0 Å². The molecule has 0 radical (unpaired) electrons. The number of benzene rings is 1. The lowest BCUT2D eigenvalue weighted by molar-refractivity contribution is -0.121. The molecular weight excluding hydrogens is 324 g/mol. The molecule has 1 aliphatic heterocycles. The summed E-state index contributed by atoms with van der Waals surface area (Å²) in [4.78, 5) is 14.7. The third kappa shape index (κ3) is 4.52. The minimum Gasteiger partial charge on any atom is -0.353 e. The number of piperidine rings is 1. The number of hydrogen-bond acceptors (Lipinski definition) is 3. The van der Waals surface area contributed by atoms with E-state index in [0.717, 1.165) is 36.6 Å². The summed E-state index contributed by atoms with van der Waals surface area (Å²) in [6.07, 6.45) is 2.47. The van der Waals surface area contributed by atoms with Crippen LogP contribution in [0.1, 0.15) is 41.3 Å². The summed E-state index contributed by atoms with van der Waals surface area (Å²) in [6, 6.07) is 10.8. The summed E-state index contributed by atoms with van der Waals surface area (Å²) in [5, 5.41) is 7.48. The first-order valence-corrected chi connectivity index (χ1v) is 9.59. The van der Waals surface area contributed by atoms with Crippen LogP contribution in [-0.2, 0) is 11.3 Å². The first-order valence-electron chi connectivity index (χ1n) is 9.59. The molecule has 1 aromatic heterocycles. The molecule has 1 N–H and O–H groups in total. The third-order valence-electron chi connectivity index (χ3n) is 5.56. The predicted molar refractivity (Wildman–Crippen MR) is 104 cm³/mol. The van der Waals surface area contributed by atoms with Crippen LogP contribution in [0.15, 0.2) is 30.3 Å². The van der Waals surface area contributed by atoms with Gasteiger partial charge in [0.05, 0.1) is 5.69 Å². The van der Waals surface area contributed by atoms with Gasteiger partial charge in [0.2, 0.25) is 5.91 Å². The number of nitrogens with one attached hydrogen (secondary N) is 1. The first kappa shape index (κ1) is 18.6. The summed E-state index contributed by atoms with van der Waals surface area (Å²) in [7, 11) is 0. The molecule has 0 spiro atoms. The van der Waals surface area contributed by atoms with Crippen molar-refractivity contribution in [3.63, 3.8) is 0 Å². The Morgan fingerprint density at radius 2 is 2.00 bits per heavy atom. The molecule has 0 aliphatic carbocycles. The quantitative estimate of drug-likeness (QED) is 0.868. The molecule has 1 aromatic carbocycles. The lowest BCUT2D eigenvalue weighted by atomic mass is 9.91. The van der Waals surface area contributed by atoms with Gasteiger partial charge in [-0.3, -0.25) is 9.48 Å². The van der Waals surface area contributed by atoms with E-state index in [0.29, 0.717) is 19.0 Å². The standard InChI is InChI=1S/C21H30N4O/c1-16-17(2)23-25(18(16)3)15-21(26)22-11-13-24-12-7-10-20(14-24)19-8-5-4-6-9-19/h4-6,8-9,20H,7,10-15H2,1-3H3,(H,22,26)/t20-/m0/s1. The normalized spacial score (nSPS) is 18.0. The first-order chi connectivity index (χ1) is 12.5. The summed E-state index contributed by atoms with van der Waals surface area (Å²) in [5.41, 5.74) is 4.66. The molecule has 0 unspecified atom stereocenters. The number of carbonyl (C=O) groups excluding carboxylic acids is 1. The lowest BCUT2D eigenvalue weighted by Crippen LogP contribution is -2.40. The summed E-state index contributed by atoms with van der Waals surface area (Å²) in [6.45, 7) is 10.1. The molecule has 1 fully saturated rings. The number of aromatic nitrogens is 2. The Bertz CT molecular complexity index is 738. The summed E-state index contributed by atoms with van der Waals surface area (Å²) in [5.74, 6) is 0.644. The van der Waals surface area contributed by atoms with Crippen molar-refractivity contribution in [2.45, 2.75) is 46.1 Å². The van der Waals surface area contributed by atoms with E-state index in [4.69, 9.17) is 0 Å². The van der Waals surface area contributed by atoms with Crippen molar-refractivity contribution in [1.29, 1.82) is 0 Å². The second-order valence-electron chi connectivity index (χ2n) is 7.35. The van der Waals surface area contributed by atoms with E-state index in [1.54, 1.807) is 4.68 Å². The van der Waals surface area contributed by atoms with E-state index in [9.17, 15) is 4.79 Å². The zero-order chi connectivity index (χ0) is 18.5. The predicted octanol–water partition coefficient (Wildman–Crippen LogP) is 2.80. The van der Waals surface area contributed by atoms with Gasteiger partial charge in [-0.25, -0.2) is 0 Å². The smallest absolute Gasteiger partial charge is 0.241 e. The van der Waals surface area contributed by atoms with Crippen LogP contribution in [0, 0.1) is 20.8 Å². The molecule has 5 heteroatoms. The minimum atomic E-state index is 0.0345. The molecule has 1 amide bonds. The Morgan fingerprint density at radius 3 is 2.69 bits per heavy atom. The fourth-order valence-electron chi connectivity index (χ4n) is 3.74. The fraction of sp³-hybridized carbons (Fsp3) is 0.524. The van der Waals surface area contributed by atoms with Crippen molar-refractivity contribution in [3.05, 3.63) is 52.8 Å². The molecular formula is C21H30N4O. The molecule has 0 bridgehead atoms. The molecule has 5 nitrogen and oxygen atoms in total. The highest BCUT2D eigenvalue weighted by Gasteiger charge is 2.21. The molecule has 2 aromatic rings. The molecule has 2 heterocycles. The number of nitrogens with zero attached hydrogens (tertiary/aromatic N) is 3. The molecule has 1 saturated heterocycles. The Labute approximate surface area is 156 Å². The van der Waals surface area contributed by atoms with Crippen LogP contribution in [0.25, 0.3) is 0 Å². The molecule has 140 valence electrons. The van der Waals surface area contributed by atoms with Gasteiger partial charge in [0, 0.05) is 25.3 Å². The van der Waals surface area contributed by atoms with Gasteiger partial charge in [-0.05, 0) is 57.2 Å². The van der Waals surface area contributed by atoms with Crippen molar-refractivity contribution in [1.82, 2.24) is 20.0 Å². The molecule has 1 atom stereocenters. The minimum absolute atomic E-state index is 0.0345. The highest BCUT2D eigenvalue weighted by Crippen LogP contribution is 2.26. The Kier molecular flexibility index (Phi) is 6.09. The van der Waals surface area contributed by atoms with Crippen LogP contribution in [0.4, 0.5) is 0 Å². The van der Waals surface area contributed by atoms with E-state index in [1.165, 1.54) is 18.4 Å². The van der Waals surface area contributed by atoms with Gasteiger partial charge >= 0.3 is 0 Å². The van der Waals surface area contributed by atoms with Crippen LogP contribution in [-0.4, -0.2) is 46.8 Å². The highest BCUT2D eigenvalue weighted by atomic mass is 16.2. The van der Waals surface area contributed by atoms with Gasteiger partial charge in [0.1, 0.15) is 6.54 Å². The van der Waals surface area contributed by atoms with Crippen LogP contribution in [0.5, 0.6) is 0 Å². The Balaban J connectivity index is 1.44. The number of carbonyl (C=O) groups is 1. The zero-order valence-electron chi connectivity index (χ0n) is 16.2. The van der Waals surface area contributed by atoms with Crippen LogP contribution < -0.4 is 5.32 Å². The topological polar surface area (TPSA) is 50.2 Å². The van der Waals surface area contributed by atoms with E-state index in [-0.39, 0.29) is 5.91 Å². The average molecular weight is 354 g/mol. The van der Waals surface area contributed by atoms with Crippen molar-refractivity contribution in [2.24, 2.45) is 0 Å². The van der Waals surface area contributed by atoms with E-state index < -0.39 is 0 Å². The van der Waals surface area contributed by atoms with E-state index in [1.807, 2.05) is 20.8 Å². The zero-order valence-corrected chi connectivity index (χ0v) is 16.2. The molecule has 26 heavy (non-hydrogen) atoms. The van der Waals surface area contributed by atoms with E-state index >= 15 is 0 Å². The number of aryl methyl sites for hydroxylation is 1. The van der Waals surface area contributed by atoms with Gasteiger partial charge < -0.3 is 10.2 Å². The van der Waals surface area contributed by atoms with E-state index in [2.05, 4.69) is 45.6 Å². The fourth-order valence-corrected chi connectivity index (χ4v) is 3.74. The van der Waals surface area contributed by atoms with Crippen molar-refractivity contribution in [3.8, 4) is 0 Å². The van der Waals surface area contributed by atoms with Gasteiger partial charge in [0.15, 0.2) is 0 Å². The molecule has 3 rings (SSSR count). The summed E-state index contributed by atoms with van der Waals surface area (Å²) < 4.78 is 1.80. The maximum Gasteiger partial charge on any atom is 0.241 e. The maximum atomic E-state index is 12.2. The summed E-state index contributed by atoms with van der Waals surface area (Å²) >= 11 is 0. The van der Waals surface area contributed by atoms with Crippen LogP contribution in [0.3, 0.4) is 0 Å². The molecule has 1 aliphatic rings.